The number of amides is 2. The monoisotopic (exact) mass is 320 g/mol. The molecule has 0 radical (unpaired) electrons. The zero-order valence-corrected chi connectivity index (χ0v) is 13.9. The molecule has 1 fully saturated rings. The highest BCUT2D eigenvalue weighted by Crippen LogP contribution is 2.18. The van der Waals surface area contributed by atoms with E-state index in [4.69, 9.17) is 9.47 Å². The molecule has 1 aromatic rings. The van der Waals surface area contributed by atoms with Crippen molar-refractivity contribution in [2.75, 3.05) is 6.54 Å². The van der Waals surface area contributed by atoms with E-state index in [2.05, 4.69) is 5.32 Å². The molecule has 0 aliphatic carbocycles. The van der Waals surface area contributed by atoms with E-state index in [-0.39, 0.29) is 12.8 Å². The fourth-order valence-corrected chi connectivity index (χ4v) is 2.38. The number of carbonyl (C=O) groups excluding carboxylic acids is 2. The van der Waals surface area contributed by atoms with Gasteiger partial charge in [0, 0.05) is 6.54 Å². The van der Waals surface area contributed by atoms with Crippen molar-refractivity contribution >= 4 is 12.2 Å². The topological polar surface area (TPSA) is 67.9 Å². The molecular formula is C17H24N2O4. The second-order valence-corrected chi connectivity index (χ2v) is 6.54. The first-order valence-corrected chi connectivity index (χ1v) is 7.82. The van der Waals surface area contributed by atoms with Gasteiger partial charge >= 0.3 is 12.2 Å². The van der Waals surface area contributed by atoms with Gasteiger partial charge in [0.2, 0.25) is 0 Å². The molecule has 0 aromatic heterocycles. The maximum atomic E-state index is 12.2. The van der Waals surface area contributed by atoms with E-state index >= 15 is 0 Å². The van der Waals surface area contributed by atoms with Crippen molar-refractivity contribution in [1.29, 1.82) is 0 Å². The van der Waals surface area contributed by atoms with E-state index in [1.807, 2.05) is 30.3 Å². The van der Waals surface area contributed by atoms with E-state index in [1.54, 1.807) is 20.8 Å². The largest absolute Gasteiger partial charge is 0.444 e. The molecule has 2 amide bonds. The number of rotatable bonds is 3. The third-order valence-corrected chi connectivity index (χ3v) is 3.38. The summed E-state index contributed by atoms with van der Waals surface area (Å²) >= 11 is 0. The van der Waals surface area contributed by atoms with Crippen LogP contribution in [0, 0.1) is 0 Å². The number of nitrogens with zero attached hydrogens (tertiary/aromatic N) is 1. The summed E-state index contributed by atoms with van der Waals surface area (Å²) in [5.74, 6) is 0. The Balaban J connectivity index is 1.85. The van der Waals surface area contributed by atoms with Gasteiger partial charge in [-0.2, -0.15) is 0 Å². The average Bonchev–Trinajstić information content (AvgIpc) is 2.92. The zero-order chi connectivity index (χ0) is 16.9. The highest BCUT2D eigenvalue weighted by Gasteiger charge is 2.32. The fourth-order valence-electron chi connectivity index (χ4n) is 2.38. The molecule has 0 spiro atoms. The molecule has 0 bridgehead atoms. The Hall–Kier alpha value is -2.24. The molecule has 1 aliphatic heterocycles. The Bertz CT molecular complexity index is 539. The van der Waals surface area contributed by atoms with Crippen LogP contribution in [0.15, 0.2) is 30.3 Å². The first-order chi connectivity index (χ1) is 10.8. The van der Waals surface area contributed by atoms with Crippen LogP contribution in [0.4, 0.5) is 9.59 Å². The normalized spacial score (nSPS) is 17.7. The van der Waals surface area contributed by atoms with Crippen molar-refractivity contribution in [3.8, 4) is 0 Å². The van der Waals surface area contributed by atoms with Crippen molar-refractivity contribution < 1.29 is 19.1 Å². The SMILES string of the molecule is CC(C)(C)OC(=O)NC1CCCN1C(=O)OCc1ccccc1. The van der Waals surface area contributed by atoms with Gasteiger partial charge in [-0.05, 0) is 39.2 Å². The van der Waals surface area contributed by atoms with Gasteiger partial charge in [0.15, 0.2) is 0 Å². The Morgan fingerprint density at radius 1 is 1.26 bits per heavy atom. The van der Waals surface area contributed by atoms with Crippen molar-refractivity contribution in [2.45, 2.75) is 52.0 Å². The van der Waals surface area contributed by atoms with Crippen LogP contribution in [-0.4, -0.2) is 35.4 Å². The number of alkyl carbamates (subject to hydrolysis) is 1. The van der Waals surface area contributed by atoms with Crippen LogP contribution in [0.2, 0.25) is 0 Å². The van der Waals surface area contributed by atoms with Gasteiger partial charge in [-0.3, -0.25) is 4.90 Å². The lowest BCUT2D eigenvalue weighted by atomic mass is 10.2. The summed E-state index contributed by atoms with van der Waals surface area (Å²) in [6.45, 7) is 6.18. The Morgan fingerprint density at radius 3 is 2.61 bits per heavy atom. The number of hydrogen-bond donors (Lipinski definition) is 1. The maximum Gasteiger partial charge on any atom is 0.411 e. The second-order valence-electron chi connectivity index (χ2n) is 6.54. The van der Waals surface area contributed by atoms with E-state index in [0.717, 1.165) is 12.0 Å². The zero-order valence-electron chi connectivity index (χ0n) is 13.9. The van der Waals surface area contributed by atoms with Crippen molar-refractivity contribution in [2.24, 2.45) is 0 Å². The van der Waals surface area contributed by atoms with Gasteiger partial charge in [0.05, 0.1) is 0 Å². The molecule has 2 rings (SSSR count). The van der Waals surface area contributed by atoms with E-state index in [1.165, 1.54) is 4.90 Å². The molecule has 6 nitrogen and oxygen atoms in total. The van der Waals surface area contributed by atoms with Crippen LogP contribution in [0.25, 0.3) is 0 Å². The number of hydrogen-bond acceptors (Lipinski definition) is 4. The smallest absolute Gasteiger partial charge is 0.411 e. The summed E-state index contributed by atoms with van der Waals surface area (Å²) in [7, 11) is 0. The summed E-state index contributed by atoms with van der Waals surface area (Å²) in [4.78, 5) is 25.6. The van der Waals surface area contributed by atoms with Gasteiger partial charge in [-0.15, -0.1) is 0 Å². The minimum atomic E-state index is -0.568. The van der Waals surface area contributed by atoms with Crippen LogP contribution in [-0.2, 0) is 16.1 Å². The molecule has 1 aromatic carbocycles. The van der Waals surface area contributed by atoms with Crippen LogP contribution < -0.4 is 5.32 Å². The highest BCUT2D eigenvalue weighted by molar-refractivity contribution is 5.71. The van der Waals surface area contributed by atoms with Gasteiger partial charge in [0.1, 0.15) is 18.4 Å². The predicted octanol–water partition coefficient (Wildman–Crippen LogP) is 3.27. The Labute approximate surface area is 136 Å². The van der Waals surface area contributed by atoms with Crippen molar-refractivity contribution in [1.82, 2.24) is 10.2 Å². The van der Waals surface area contributed by atoms with Crippen LogP contribution in [0.5, 0.6) is 0 Å². The number of nitrogens with one attached hydrogen (secondary N) is 1. The lowest BCUT2D eigenvalue weighted by Gasteiger charge is -2.26. The molecule has 6 heteroatoms. The molecule has 1 unspecified atom stereocenters. The summed E-state index contributed by atoms with van der Waals surface area (Å²) in [5.41, 5.74) is 0.359. The molecule has 23 heavy (non-hydrogen) atoms. The van der Waals surface area contributed by atoms with E-state index in [9.17, 15) is 9.59 Å². The Morgan fingerprint density at radius 2 is 1.96 bits per heavy atom. The molecule has 1 aliphatic rings. The summed E-state index contributed by atoms with van der Waals surface area (Å²) < 4.78 is 10.5. The first-order valence-electron chi connectivity index (χ1n) is 7.82. The third kappa shape index (κ3) is 5.47. The summed E-state index contributed by atoms with van der Waals surface area (Å²) in [6, 6.07) is 9.49. The van der Waals surface area contributed by atoms with Gasteiger partial charge < -0.3 is 14.8 Å². The minimum absolute atomic E-state index is 0.218. The maximum absolute atomic E-state index is 12.2. The third-order valence-electron chi connectivity index (χ3n) is 3.38. The number of ether oxygens (including phenoxy) is 2. The van der Waals surface area contributed by atoms with Gasteiger partial charge in [-0.1, -0.05) is 30.3 Å². The quantitative estimate of drug-likeness (QED) is 0.928. The second kappa shape index (κ2) is 7.35. The van der Waals surface area contributed by atoms with Crippen molar-refractivity contribution in [3.05, 3.63) is 35.9 Å². The molecule has 0 saturated carbocycles. The highest BCUT2D eigenvalue weighted by atomic mass is 16.6. The molecule has 1 heterocycles. The lowest BCUT2D eigenvalue weighted by molar-refractivity contribution is 0.0426. The van der Waals surface area contributed by atoms with Gasteiger partial charge in [-0.25, -0.2) is 9.59 Å². The van der Waals surface area contributed by atoms with Crippen LogP contribution in [0.1, 0.15) is 39.2 Å². The molecule has 1 saturated heterocycles. The molecule has 1 N–H and O–H groups in total. The van der Waals surface area contributed by atoms with Crippen LogP contribution in [0.3, 0.4) is 0 Å². The molecule has 126 valence electrons. The van der Waals surface area contributed by atoms with E-state index in [0.29, 0.717) is 13.0 Å². The number of carbonyl (C=O) groups is 2. The van der Waals surface area contributed by atoms with Gasteiger partial charge in [0.25, 0.3) is 0 Å². The van der Waals surface area contributed by atoms with Crippen molar-refractivity contribution in [3.63, 3.8) is 0 Å². The first kappa shape index (κ1) is 17.1. The predicted molar refractivity (Wildman–Crippen MR) is 85.7 cm³/mol. The minimum Gasteiger partial charge on any atom is -0.444 e. The summed E-state index contributed by atoms with van der Waals surface area (Å²) in [6.07, 6.45) is 0.186. The average molecular weight is 320 g/mol. The van der Waals surface area contributed by atoms with Crippen LogP contribution >= 0.6 is 0 Å². The molecular weight excluding hydrogens is 296 g/mol. The number of likely N-dealkylation sites (tertiary alicyclic amines) is 1. The molecule has 1 atom stereocenters. The fraction of sp³-hybridized carbons (Fsp3) is 0.529. The lowest BCUT2D eigenvalue weighted by Crippen LogP contribution is -2.48. The standard InChI is InChI=1S/C17H24N2O4/c1-17(2,3)23-15(20)18-14-10-7-11-19(14)16(21)22-12-13-8-5-4-6-9-13/h4-6,8-9,14H,7,10-12H2,1-3H3,(H,18,20). The number of benzene rings is 1. The summed E-state index contributed by atoms with van der Waals surface area (Å²) in [5, 5.41) is 2.73. The van der Waals surface area contributed by atoms with E-state index < -0.39 is 17.8 Å². The Kier molecular flexibility index (Phi) is 5.47.